The average Bonchev–Trinajstić information content (AvgIpc) is 2.71. The molecule has 0 amide bonds. The zero-order valence-corrected chi connectivity index (χ0v) is 16.2. The highest BCUT2D eigenvalue weighted by molar-refractivity contribution is 5.80. The summed E-state index contributed by atoms with van der Waals surface area (Å²) in [5, 5.41) is 0.844. The minimum absolute atomic E-state index is 0.214. The van der Waals surface area contributed by atoms with E-state index in [-0.39, 0.29) is 5.43 Å². The van der Waals surface area contributed by atoms with Gasteiger partial charge in [0.05, 0.1) is 5.52 Å². The van der Waals surface area contributed by atoms with Crippen LogP contribution in [0.25, 0.3) is 10.9 Å². The highest BCUT2D eigenvalue weighted by atomic mass is 16.1. The summed E-state index contributed by atoms with van der Waals surface area (Å²) < 4.78 is 2.17. The van der Waals surface area contributed by atoms with E-state index in [1.54, 1.807) is 0 Å². The first-order chi connectivity index (χ1) is 12.6. The predicted molar refractivity (Wildman–Crippen MR) is 108 cm³/mol. The monoisotopic (exact) mass is 353 g/mol. The molecule has 2 heterocycles. The van der Waals surface area contributed by atoms with Crippen LogP contribution in [0.1, 0.15) is 43.4 Å². The molecule has 1 saturated heterocycles. The summed E-state index contributed by atoms with van der Waals surface area (Å²) in [6.07, 6.45) is 6.98. The summed E-state index contributed by atoms with van der Waals surface area (Å²) in [4.78, 5) is 18.2. The molecule has 1 aromatic carbocycles. The molecule has 0 spiro atoms. The lowest BCUT2D eigenvalue weighted by Gasteiger charge is -2.40. The van der Waals surface area contributed by atoms with Gasteiger partial charge in [-0.3, -0.25) is 14.6 Å². The SMILES string of the molecule is Cc1c(CN2CCN(C3CCCCC3)CC2)c(=O)c2ccccc2n1C. The zero-order chi connectivity index (χ0) is 18.1. The predicted octanol–water partition coefficient (Wildman–Crippen LogP) is 3.30. The average molecular weight is 354 g/mol. The molecule has 1 aromatic heterocycles. The van der Waals surface area contributed by atoms with Gasteiger partial charge in [0.1, 0.15) is 0 Å². The van der Waals surface area contributed by atoms with Gasteiger partial charge < -0.3 is 4.57 Å². The summed E-state index contributed by atoms with van der Waals surface area (Å²) in [6.45, 7) is 7.32. The van der Waals surface area contributed by atoms with Gasteiger partial charge in [0, 0.05) is 62.5 Å². The van der Waals surface area contributed by atoms with Crippen LogP contribution >= 0.6 is 0 Å². The van der Waals surface area contributed by atoms with Crippen LogP contribution in [0.15, 0.2) is 29.1 Å². The molecule has 4 rings (SSSR count). The molecule has 2 aromatic rings. The van der Waals surface area contributed by atoms with Crippen molar-refractivity contribution in [3.63, 3.8) is 0 Å². The van der Waals surface area contributed by atoms with Crippen LogP contribution < -0.4 is 5.43 Å². The molecule has 140 valence electrons. The largest absolute Gasteiger partial charge is 0.347 e. The molecule has 26 heavy (non-hydrogen) atoms. The summed E-state index contributed by atoms with van der Waals surface area (Å²) in [5.41, 5.74) is 3.31. The minimum Gasteiger partial charge on any atom is -0.347 e. The summed E-state index contributed by atoms with van der Waals surface area (Å²) in [6, 6.07) is 8.77. The Bertz CT molecular complexity index is 827. The Labute approximate surface area is 156 Å². The second kappa shape index (κ2) is 7.53. The molecule has 2 aliphatic rings. The number of rotatable bonds is 3. The third-order valence-electron chi connectivity index (χ3n) is 6.60. The van der Waals surface area contributed by atoms with Crippen molar-refractivity contribution in [1.29, 1.82) is 0 Å². The van der Waals surface area contributed by atoms with Gasteiger partial charge in [-0.15, -0.1) is 0 Å². The van der Waals surface area contributed by atoms with E-state index in [1.807, 2.05) is 24.3 Å². The van der Waals surface area contributed by atoms with E-state index in [9.17, 15) is 4.79 Å². The molecule has 4 nitrogen and oxygen atoms in total. The first-order valence-corrected chi connectivity index (χ1v) is 10.2. The van der Waals surface area contributed by atoms with Gasteiger partial charge in [-0.1, -0.05) is 31.4 Å². The normalized spacial score (nSPS) is 20.7. The summed E-state index contributed by atoms with van der Waals surface area (Å²) in [7, 11) is 2.07. The molecule has 1 saturated carbocycles. The first-order valence-electron chi connectivity index (χ1n) is 10.2. The molecule has 0 unspecified atom stereocenters. The number of piperazine rings is 1. The van der Waals surface area contributed by atoms with Crippen molar-refractivity contribution in [3.8, 4) is 0 Å². The second-order valence-electron chi connectivity index (χ2n) is 8.07. The molecule has 0 bridgehead atoms. The van der Waals surface area contributed by atoms with Crippen molar-refractivity contribution in [2.24, 2.45) is 7.05 Å². The van der Waals surface area contributed by atoms with E-state index in [0.29, 0.717) is 0 Å². The van der Waals surface area contributed by atoms with Crippen molar-refractivity contribution < 1.29 is 0 Å². The lowest BCUT2D eigenvalue weighted by molar-refractivity contribution is 0.0752. The zero-order valence-electron chi connectivity index (χ0n) is 16.2. The molecule has 1 aliphatic heterocycles. The Hall–Kier alpha value is -1.65. The molecular formula is C22H31N3O. The van der Waals surface area contributed by atoms with Crippen LogP contribution in [0.3, 0.4) is 0 Å². The standard InChI is InChI=1S/C22H31N3O/c1-17-20(22(26)19-10-6-7-11-21(19)23(17)2)16-24-12-14-25(15-13-24)18-8-4-3-5-9-18/h6-7,10-11,18H,3-5,8-9,12-16H2,1-2H3. The number of para-hydroxylation sites is 1. The van der Waals surface area contributed by atoms with Gasteiger partial charge >= 0.3 is 0 Å². The maximum atomic E-state index is 13.0. The Morgan fingerprint density at radius 2 is 1.69 bits per heavy atom. The van der Waals surface area contributed by atoms with Gasteiger partial charge in [0.2, 0.25) is 0 Å². The first kappa shape index (κ1) is 17.7. The van der Waals surface area contributed by atoms with E-state index in [1.165, 1.54) is 32.1 Å². The smallest absolute Gasteiger partial charge is 0.194 e. The van der Waals surface area contributed by atoms with Crippen LogP contribution in [-0.4, -0.2) is 46.6 Å². The Morgan fingerprint density at radius 3 is 2.42 bits per heavy atom. The molecule has 0 N–H and O–H groups in total. The van der Waals surface area contributed by atoms with Gasteiger partial charge in [0.15, 0.2) is 5.43 Å². The number of hydrogen-bond donors (Lipinski definition) is 0. The number of hydrogen-bond acceptors (Lipinski definition) is 3. The van der Waals surface area contributed by atoms with Crippen molar-refractivity contribution in [2.75, 3.05) is 26.2 Å². The maximum absolute atomic E-state index is 13.0. The molecule has 4 heteroatoms. The minimum atomic E-state index is 0.214. The number of aryl methyl sites for hydroxylation is 1. The Balaban J connectivity index is 1.49. The van der Waals surface area contributed by atoms with E-state index in [2.05, 4.69) is 28.3 Å². The van der Waals surface area contributed by atoms with Gasteiger partial charge in [-0.05, 0) is 31.9 Å². The molecule has 1 aliphatic carbocycles. The molecule has 2 fully saturated rings. The van der Waals surface area contributed by atoms with Crippen molar-refractivity contribution >= 4 is 10.9 Å². The lowest BCUT2D eigenvalue weighted by Crippen LogP contribution is -2.50. The number of pyridine rings is 1. The molecule has 0 radical (unpaired) electrons. The second-order valence-corrected chi connectivity index (χ2v) is 8.07. The van der Waals surface area contributed by atoms with Gasteiger partial charge in [-0.25, -0.2) is 0 Å². The van der Waals surface area contributed by atoms with Crippen LogP contribution in [0, 0.1) is 6.92 Å². The van der Waals surface area contributed by atoms with E-state index in [0.717, 1.165) is 60.9 Å². The highest BCUT2D eigenvalue weighted by Crippen LogP contribution is 2.24. The quantitative estimate of drug-likeness (QED) is 0.848. The Kier molecular flexibility index (Phi) is 5.14. The highest BCUT2D eigenvalue weighted by Gasteiger charge is 2.26. The number of fused-ring (bicyclic) bond motifs is 1. The van der Waals surface area contributed by atoms with Crippen LogP contribution in [0.4, 0.5) is 0 Å². The third kappa shape index (κ3) is 3.33. The summed E-state index contributed by atoms with van der Waals surface area (Å²) >= 11 is 0. The fourth-order valence-corrected chi connectivity index (χ4v) is 4.81. The molecular weight excluding hydrogens is 322 g/mol. The third-order valence-corrected chi connectivity index (χ3v) is 6.60. The Morgan fingerprint density at radius 1 is 1.00 bits per heavy atom. The molecule has 0 atom stereocenters. The number of nitrogens with zero attached hydrogens (tertiary/aromatic N) is 3. The van der Waals surface area contributed by atoms with Crippen LogP contribution in [0.2, 0.25) is 0 Å². The van der Waals surface area contributed by atoms with E-state index in [4.69, 9.17) is 0 Å². The summed E-state index contributed by atoms with van der Waals surface area (Å²) in [5.74, 6) is 0. The number of benzene rings is 1. The van der Waals surface area contributed by atoms with Gasteiger partial charge in [0.25, 0.3) is 0 Å². The van der Waals surface area contributed by atoms with Crippen molar-refractivity contribution in [2.45, 2.75) is 51.6 Å². The van der Waals surface area contributed by atoms with Crippen LogP contribution in [-0.2, 0) is 13.6 Å². The maximum Gasteiger partial charge on any atom is 0.194 e. The van der Waals surface area contributed by atoms with Crippen molar-refractivity contribution in [1.82, 2.24) is 14.4 Å². The van der Waals surface area contributed by atoms with Crippen molar-refractivity contribution in [3.05, 3.63) is 45.7 Å². The fraction of sp³-hybridized carbons (Fsp3) is 0.591. The fourth-order valence-electron chi connectivity index (χ4n) is 4.81. The van der Waals surface area contributed by atoms with Gasteiger partial charge in [-0.2, -0.15) is 0 Å². The van der Waals surface area contributed by atoms with E-state index >= 15 is 0 Å². The van der Waals surface area contributed by atoms with Crippen LogP contribution in [0.5, 0.6) is 0 Å². The lowest BCUT2D eigenvalue weighted by atomic mass is 9.94. The number of aromatic nitrogens is 1. The van der Waals surface area contributed by atoms with E-state index < -0.39 is 0 Å². The topological polar surface area (TPSA) is 28.5 Å².